The Labute approximate surface area is 136 Å². The van der Waals surface area contributed by atoms with Crippen molar-refractivity contribution in [3.63, 3.8) is 0 Å². The van der Waals surface area contributed by atoms with Gasteiger partial charge >= 0.3 is 0 Å². The largest absolute Gasteiger partial charge is 0.323 e. The number of rotatable bonds is 2. The van der Waals surface area contributed by atoms with Crippen LogP contribution in [0.3, 0.4) is 0 Å². The average Bonchev–Trinajstić information content (AvgIpc) is 2.77. The number of hydrogen-bond donors (Lipinski definition) is 2. The van der Waals surface area contributed by atoms with E-state index in [0.29, 0.717) is 15.7 Å². The fourth-order valence-electron chi connectivity index (χ4n) is 2.17. The van der Waals surface area contributed by atoms with Crippen LogP contribution < -0.4 is 0 Å². The average molecular weight is 352 g/mol. The lowest BCUT2D eigenvalue weighted by Gasteiger charge is -2.06. The van der Waals surface area contributed by atoms with Crippen LogP contribution in [0.1, 0.15) is 11.3 Å². The zero-order chi connectivity index (χ0) is 16.1. The molecule has 0 atom stereocenters. The lowest BCUT2D eigenvalue weighted by molar-refractivity contribution is 0.581. The molecule has 0 radical (unpaired) electrons. The van der Waals surface area contributed by atoms with Gasteiger partial charge in [0.2, 0.25) is 0 Å². The highest BCUT2D eigenvalue weighted by molar-refractivity contribution is 7.90. The van der Waals surface area contributed by atoms with Crippen LogP contribution in [0, 0.1) is 23.3 Å². The highest BCUT2D eigenvalue weighted by Gasteiger charge is 2.23. The van der Waals surface area contributed by atoms with E-state index in [2.05, 4.69) is 15.1 Å². The van der Waals surface area contributed by atoms with Crippen molar-refractivity contribution >= 4 is 45.5 Å². The number of benzene rings is 1. The van der Waals surface area contributed by atoms with Crippen molar-refractivity contribution in [1.29, 1.82) is 0 Å². The zero-order valence-corrected chi connectivity index (χ0v) is 14.2. The van der Waals surface area contributed by atoms with E-state index >= 15 is 0 Å². The van der Waals surface area contributed by atoms with Crippen LogP contribution in [-0.2, 0) is 10.0 Å². The summed E-state index contributed by atoms with van der Waals surface area (Å²) in [6.45, 7) is 3.59. The second-order valence-electron chi connectivity index (χ2n) is 4.88. The minimum atomic E-state index is -3.83. The van der Waals surface area contributed by atoms with E-state index in [0.717, 1.165) is 9.65 Å². The van der Waals surface area contributed by atoms with Gasteiger partial charge in [0, 0.05) is 0 Å². The summed E-state index contributed by atoms with van der Waals surface area (Å²) in [5.41, 5.74) is 1.76. The van der Waals surface area contributed by atoms with E-state index in [1.165, 1.54) is 0 Å². The van der Waals surface area contributed by atoms with Crippen LogP contribution in [0.4, 0.5) is 0 Å². The molecule has 6 nitrogen and oxygen atoms in total. The number of aromatic amines is 2. The third-order valence-electron chi connectivity index (χ3n) is 3.26. The van der Waals surface area contributed by atoms with Crippen molar-refractivity contribution in [2.24, 2.45) is 0 Å². The lowest BCUT2D eigenvalue weighted by Crippen LogP contribution is -2.15. The molecule has 1 aromatic carbocycles. The van der Waals surface area contributed by atoms with Gasteiger partial charge in [-0.2, -0.15) is 13.5 Å². The van der Waals surface area contributed by atoms with E-state index in [1.54, 1.807) is 31.2 Å². The molecule has 2 aromatic heterocycles. The van der Waals surface area contributed by atoms with E-state index in [9.17, 15) is 8.42 Å². The molecule has 0 aliphatic rings. The fourth-order valence-corrected chi connectivity index (χ4v) is 4.07. The van der Waals surface area contributed by atoms with Gasteiger partial charge in [-0.1, -0.05) is 29.9 Å². The van der Waals surface area contributed by atoms with E-state index in [1.807, 2.05) is 6.92 Å². The highest BCUT2D eigenvalue weighted by Crippen LogP contribution is 2.22. The summed E-state index contributed by atoms with van der Waals surface area (Å²) in [5.74, 6) is 0. The van der Waals surface area contributed by atoms with Gasteiger partial charge in [0.1, 0.15) is 4.64 Å². The first-order chi connectivity index (χ1) is 10.3. The molecule has 2 N–H and O–H groups in total. The first-order valence-corrected chi connectivity index (χ1v) is 8.60. The van der Waals surface area contributed by atoms with Crippen LogP contribution in [0.2, 0.25) is 0 Å². The number of nitrogens with one attached hydrogen (secondary N) is 2. The number of aromatic nitrogens is 4. The third kappa shape index (κ3) is 2.31. The summed E-state index contributed by atoms with van der Waals surface area (Å²) in [7, 11) is -3.83. The molecule has 9 heteroatoms. The Kier molecular flexibility index (Phi) is 3.50. The summed E-state index contributed by atoms with van der Waals surface area (Å²) in [4.78, 5) is 5.77. The van der Waals surface area contributed by atoms with Crippen LogP contribution in [0.15, 0.2) is 29.2 Å². The van der Waals surface area contributed by atoms with Crippen molar-refractivity contribution in [2.75, 3.05) is 0 Å². The summed E-state index contributed by atoms with van der Waals surface area (Å²) in [5, 5.41) is 4.67. The topological polar surface area (TPSA) is 83.5 Å². The molecule has 114 valence electrons. The van der Waals surface area contributed by atoms with Crippen molar-refractivity contribution in [3.8, 4) is 0 Å². The maximum absolute atomic E-state index is 12.8. The molecule has 0 saturated heterocycles. The maximum Gasteiger partial charge on any atom is 0.284 e. The first-order valence-electron chi connectivity index (χ1n) is 6.35. The fraction of sp³-hybridized carbons (Fsp3) is 0.154. The van der Waals surface area contributed by atoms with Gasteiger partial charge in [0.15, 0.2) is 10.4 Å². The molecule has 0 fully saturated rings. The quantitative estimate of drug-likeness (QED) is 0.693. The summed E-state index contributed by atoms with van der Waals surface area (Å²) < 4.78 is 27.2. The maximum atomic E-state index is 12.8. The summed E-state index contributed by atoms with van der Waals surface area (Å²) in [6.07, 6.45) is 0. The van der Waals surface area contributed by atoms with Crippen LogP contribution >= 0.6 is 24.4 Å². The second-order valence-corrected chi connectivity index (χ2v) is 7.46. The van der Waals surface area contributed by atoms with Gasteiger partial charge in [-0.05, 0) is 38.2 Å². The molecule has 2 heterocycles. The molecule has 0 amide bonds. The van der Waals surface area contributed by atoms with Gasteiger partial charge in [-0.25, -0.2) is 0 Å². The van der Waals surface area contributed by atoms with E-state index in [-0.39, 0.29) is 15.3 Å². The number of aryl methyl sites for hydroxylation is 2. The van der Waals surface area contributed by atoms with E-state index in [4.69, 9.17) is 24.4 Å². The SMILES string of the molecule is Cc1ccc(S(=O)(=O)n2nc(C)c3c(=S)[nH]c(=S)[nH]c32)cc1. The van der Waals surface area contributed by atoms with Gasteiger partial charge in [-0.3, -0.25) is 0 Å². The number of hydrogen-bond acceptors (Lipinski definition) is 5. The molecule has 0 saturated carbocycles. The van der Waals surface area contributed by atoms with Crippen molar-refractivity contribution in [1.82, 2.24) is 19.2 Å². The Bertz CT molecular complexity index is 1090. The smallest absolute Gasteiger partial charge is 0.284 e. The molecule has 0 unspecified atom stereocenters. The molecule has 3 aromatic rings. The summed E-state index contributed by atoms with van der Waals surface area (Å²) >= 11 is 10.2. The Morgan fingerprint density at radius 2 is 1.73 bits per heavy atom. The monoisotopic (exact) mass is 352 g/mol. The van der Waals surface area contributed by atoms with Gasteiger partial charge in [-0.15, -0.1) is 4.09 Å². The number of H-pyrrole nitrogens is 2. The molecule has 22 heavy (non-hydrogen) atoms. The van der Waals surface area contributed by atoms with Gasteiger partial charge in [0.25, 0.3) is 10.0 Å². The molecule has 3 rings (SSSR count). The van der Waals surface area contributed by atoms with Crippen molar-refractivity contribution in [2.45, 2.75) is 18.7 Å². The van der Waals surface area contributed by atoms with Gasteiger partial charge in [0.05, 0.1) is 16.0 Å². The summed E-state index contributed by atoms with van der Waals surface area (Å²) in [6, 6.07) is 6.57. The number of fused-ring (bicyclic) bond motifs is 1. The van der Waals surface area contributed by atoms with Crippen LogP contribution in [0.5, 0.6) is 0 Å². The minimum absolute atomic E-state index is 0.153. The molecule has 0 spiro atoms. The normalized spacial score (nSPS) is 11.9. The Morgan fingerprint density at radius 3 is 2.36 bits per heavy atom. The predicted molar refractivity (Wildman–Crippen MR) is 88.6 cm³/mol. The highest BCUT2D eigenvalue weighted by atomic mass is 32.2. The second kappa shape index (κ2) is 5.11. The predicted octanol–water partition coefficient (Wildman–Crippen LogP) is 3.01. The van der Waals surface area contributed by atoms with E-state index < -0.39 is 10.0 Å². The molecule has 0 bridgehead atoms. The van der Waals surface area contributed by atoms with Crippen molar-refractivity contribution in [3.05, 3.63) is 44.9 Å². The van der Waals surface area contributed by atoms with Crippen LogP contribution in [-0.4, -0.2) is 27.6 Å². The number of nitrogens with zero attached hydrogens (tertiary/aromatic N) is 2. The molecular formula is C13H12N4O2S3. The third-order valence-corrected chi connectivity index (χ3v) is 5.36. The Morgan fingerprint density at radius 1 is 1.09 bits per heavy atom. The van der Waals surface area contributed by atoms with Crippen molar-refractivity contribution < 1.29 is 8.42 Å². The lowest BCUT2D eigenvalue weighted by atomic mass is 10.2. The Balaban J connectivity index is 2.37. The molecular weight excluding hydrogens is 340 g/mol. The van der Waals surface area contributed by atoms with Crippen LogP contribution in [0.25, 0.3) is 11.0 Å². The zero-order valence-electron chi connectivity index (χ0n) is 11.7. The van der Waals surface area contributed by atoms with Gasteiger partial charge < -0.3 is 9.97 Å². The first kappa shape index (κ1) is 15.1. The molecule has 0 aliphatic heterocycles. The molecule has 0 aliphatic carbocycles. The minimum Gasteiger partial charge on any atom is -0.323 e. The standard InChI is InChI=1S/C13H12N4O2S3/c1-7-3-5-9(6-4-7)22(18,19)17-11-10(8(2)16-17)12(20)15-13(21)14-11/h3-6H,1-2H3,(H2,14,15,20,21). The Hall–Kier alpha value is -1.84.